The molecule has 0 radical (unpaired) electrons. The Morgan fingerprint density at radius 3 is 1.97 bits per heavy atom. The molecule has 4 nitrogen and oxygen atoms in total. The molecule has 1 unspecified atom stereocenters. The fourth-order valence-electron chi connectivity index (χ4n) is 3.39. The van der Waals surface area contributed by atoms with E-state index in [1.54, 1.807) is 0 Å². The van der Waals surface area contributed by atoms with Gasteiger partial charge in [-0.3, -0.25) is 9.59 Å². The second-order valence-electron chi connectivity index (χ2n) is 7.29. The largest absolute Gasteiger partial charge is 0.416 e. The van der Waals surface area contributed by atoms with Crippen LogP contribution in [0.1, 0.15) is 34.3 Å². The molecule has 0 saturated carbocycles. The van der Waals surface area contributed by atoms with Crippen molar-refractivity contribution in [3.63, 3.8) is 0 Å². The van der Waals surface area contributed by atoms with Gasteiger partial charge in [-0.15, -0.1) is 0 Å². The Balaban J connectivity index is 2.11. The smallest absolute Gasteiger partial charge is 0.316 e. The van der Waals surface area contributed by atoms with E-state index in [-0.39, 0.29) is 23.3 Å². The van der Waals surface area contributed by atoms with Gasteiger partial charge in [0.15, 0.2) is 0 Å². The fraction of sp³-hybridized carbons (Fsp3) is 0.333. The predicted octanol–water partition coefficient (Wildman–Crippen LogP) is 5.55. The number of carbonyl (C=O) groups excluding carboxylic acids is 2. The van der Waals surface area contributed by atoms with Crippen molar-refractivity contribution in [2.45, 2.75) is 25.2 Å². The zero-order valence-corrected chi connectivity index (χ0v) is 17.1. The standard InChI is InChI=1S/C21H17ClF6N2O2/c22-16-3-5-17(6-4-16)30(18(31)12-2-1-7-29-11-12)19(32)13-8-14(20(23,24)25)10-15(9-13)21(26,27)28/h3-6,8-10,12,29H,1-2,7,11H2. The second kappa shape index (κ2) is 9.11. The number of anilines is 1. The first-order chi connectivity index (χ1) is 14.9. The van der Waals surface area contributed by atoms with Gasteiger partial charge in [-0.1, -0.05) is 11.6 Å². The van der Waals surface area contributed by atoms with Crippen LogP contribution in [0.5, 0.6) is 0 Å². The Bertz CT molecular complexity index is 967. The zero-order chi connectivity index (χ0) is 23.7. The van der Waals surface area contributed by atoms with E-state index in [1.807, 2.05) is 0 Å². The molecule has 2 aromatic rings. The first-order valence-electron chi connectivity index (χ1n) is 9.52. The Labute approximate surface area is 184 Å². The van der Waals surface area contributed by atoms with Crippen LogP contribution >= 0.6 is 11.6 Å². The van der Waals surface area contributed by atoms with E-state index >= 15 is 0 Å². The summed E-state index contributed by atoms with van der Waals surface area (Å²) >= 11 is 5.83. The first-order valence-corrected chi connectivity index (χ1v) is 9.90. The van der Waals surface area contributed by atoms with E-state index in [0.717, 1.165) is 0 Å². The van der Waals surface area contributed by atoms with Crippen LogP contribution < -0.4 is 10.2 Å². The summed E-state index contributed by atoms with van der Waals surface area (Å²) in [5, 5.41) is 3.26. The van der Waals surface area contributed by atoms with Crippen molar-refractivity contribution < 1.29 is 35.9 Å². The van der Waals surface area contributed by atoms with E-state index in [0.29, 0.717) is 36.4 Å². The van der Waals surface area contributed by atoms with Gasteiger partial charge in [0.2, 0.25) is 5.91 Å². The Kier molecular flexibility index (Phi) is 6.85. The summed E-state index contributed by atoms with van der Waals surface area (Å²) in [6, 6.07) is 5.86. The SMILES string of the molecule is O=C(c1cc(C(F)(F)F)cc(C(F)(F)F)c1)N(C(=O)C1CCCNC1)c1ccc(Cl)cc1. The minimum atomic E-state index is -5.13. The summed E-state index contributed by atoms with van der Waals surface area (Å²) in [5.74, 6) is -2.69. The molecule has 32 heavy (non-hydrogen) atoms. The number of imide groups is 1. The molecule has 0 bridgehead atoms. The number of benzene rings is 2. The van der Waals surface area contributed by atoms with Crippen molar-refractivity contribution in [2.24, 2.45) is 5.92 Å². The molecule has 0 spiro atoms. The molecule has 1 aliphatic rings. The van der Waals surface area contributed by atoms with E-state index in [4.69, 9.17) is 11.6 Å². The highest BCUT2D eigenvalue weighted by atomic mass is 35.5. The number of piperidine rings is 1. The van der Waals surface area contributed by atoms with E-state index in [1.165, 1.54) is 24.3 Å². The highest BCUT2D eigenvalue weighted by molar-refractivity contribution is 6.30. The van der Waals surface area contributed by atoms with Gasteiger partial charge in [-0.05, 0) is 61.9 Å². The quantitative estimate of drug-likeness (QED) is 0.465. The topological polar surface area (TPSA) is 49.4 Å². The van der Waals surface area contributed by atoms with Gasteiger partial charge in [-0.25, -0.2) is 4.90 Å². The van der Waals surface area contributed by atoms with Crippen molar-refractivity contribution in [1.82, 2.24) is 5.32 Å². The van der Waals surface area contributed by atoms with Crippen LogP contribution in [0.2, 0.25) is 5.02 Å². The van der Waals surface area contributed by atoms with Crippen LogP contribution in [0.3, 0.4) is 0 Å². The van der Waals surface area contributed by atoms with E-state index in [2.05, 4.69) is 5.32 Å². The Morgan fingerprint density at radius 1 is 0.938 bits per heavy atom. The number of rotatable bonds is 3. The van der Waals surface area contributed by atoms with Gasteiger partial charge in [0.1, 0.15) is 0 Å². The lowest BCUT2D eigenvalue weighted by Crippen LogP contribution is -2.46. The third kappa shape index (κ3) is 5.42. The minimum absolute atomic E-state index is 0.0130. The number of hydrogen-bond acceptors (Lipinski definition) is 3. The number of carbonyl (C=O) groups is 2. The number of amides is 2. The Morgan fingerprint density at radius 2 is 1.50 bits per heavy atom. The molecular formula is C21H17ClF6N2O2. The summed E-state index contributed by atoms with van der Waals surface area (Å²) in [6.45, 7) is 0.883. The lowest BCUT2D eigenvalue weighted by atomic mass is 9.97. The van der Waals surface area contributed by atoms with Crippen LogP contribution in [0, 0.1) is 5.92 Å². The highest BCUT2D eigenvalue weighted by Crippen LogP contribution is 2.37. The molecule has 1 saturated heterocycles. The van der Waals surface area contributed by atoms with Crippen molar-refractivity contribution >= 4 is 29.1 Å². The lowest BCUT2D eigenvalue weighted by Gasteiger charge is -2.29. The third-order valence-electron chi connectivity index (χ3n) is 4.99. The van der Waals surface area contributed by atoms with Crippen LogP contribution in [0.15, 0.2) is 42.5 Å². The summed E-state index contributed by atoms with van der Waals surface area (Å²) in [5.41, 5.74) is -4.20. The number of halogens is 7. The normalized spacial score (nSPS) is 17.2. The number of alkyl halides is 6. The number of nitrogens with zero attached hydrogens (tertiary/aromatic N) is 1. The predicted molar refractivity (Wildman–Crippen MR) is 105 cm³/mol. The molecule has 0 aromatic heterocycles. The van der Waals surface area contributed by atoms with Crippen molar-refractivity contribution in [3.8, 4) is 0 Å². The van der Waals surface area contributed by atoms with E-state index in [9.17, 15) is 35.9 Å². The maximum Gasteiger partial charge on any atom is 0.416 e. The van der Waals surface area contributed by atoms with Crippen molar-refractivity contribution in [3.05, 3.63) is 64.2 Å². The molecule has 11 heteroatoms. The molecular weight excluding hydrogens is 462 g/mol. The van der Waals surface area contributed by atoms with Crippen LogP contribution in [0.4, 0.5) is 32.0 Å². The molecule has 172 valence electrons. The summed E-state index contributed by atoms with van der Waals surface area (Å²) < 4.78 is 79.4. The molecule has 3 rings (SSSR count). The van der Waals surface area contributed by atoms with Crippen LogP contribution in [0.25, 0.3) is 0 Å². The number of nitrogens with one attached hydrogen (secondary N) is 1. The average Bonchev–Trinajstić information content (AvgIpc) is 2.74. The van der Waals surface area contributed by atoms with E-state index < -0.39 is 46.8 Å². The maximum atomic E-state index is 13.2. The minimum Gasteiger partial charge on any atom is -0.316 e. The zero-order valence-electron chi connectivity index (χ0n) is 16.4. The maximum absolute atomic E-state index is 13.2. The van der Waals surface area contributed by atoms with Gasteiger partial charge in [0.25, 0.3) is 5.91 Å². The molecule has 1 fully saturated rings. The molecule has 1 aliphatic heterocycles. The molecule has 2 aromatic carbocycles. The van der Waals surface area contributed by atoms with Gasteiger partial charge in [0, 0.05) is 17.1 Å². The summed E-state index contributed by atoms with van der Waals surface area (Å²) in [6.07, 6.45) is -9.21. The molecule has 0 aliphatic carbocycles. The van der Waals surface area contributed by atoms with Gasteiger partial charge in [0.05, 0.1) is 22.7 Å². The highest BCUT2D eigenvalue weighted by Gasteiger charge is 2.39. The van der Waals surface area contributed by atoms with Gasteiger partial charge >= 0.3 is 12.4 Å². The third-order valence-corrected chi connectivity index (χ3v) is 5.24. The summed E-state index contributed by atoms with van der Waals surface area (Å²) in [4.78, 5) is 27.0. The van der Waals surface area contributed by atoms with Crippen molar-refractivity contribution in [2.75, 3.05) is 18.0 Å². The molecule has 2 amide bonds. The monoisotopic (exact) mass is 478 g/mol. The first kappa shape index (κ1) is 24.1. The summed E-state index contributed by atoms with van der Waals surface area (Å²) in [7, 11) is 0. The fourth-order valence-corrected chi connectivity index (χ4v) is 3.51. The Hall–Kier alpha value is -2.59. The van der Waals surface area contributed by atoms with Crippen LogP contribution in [-0.4, -0.2) is 24.9 Å². The lowest BCUT2D eigenvalue weighted by molar-refractivity contribution is -0.143. The van der Waals surface area contributed by atoms with Crippen molar-refractivity contribution in [1.29, 1.82) is 0 Å². The van der Waals surface area contributed by atoms with Gasteiger partial charge in [-0.2, -0.15) is 26.3 Å². The average molecular weight is 479 g/mol. The molecule has 1 atom stereocenters. The second-order valence-corrected chi connectivity index (χ2v) is 7.73. The van der Waals surface area contributed by atoms with Gasteiger partial charge < -0.3 is 5.32 Å². The van der Waals surface area contributed by atoms with Crippen LogP contribution in [-0.2, 0) is 17.1 Å². The molecule has 1 N–H and O–H groups in total. The molecule has 1 heterocycles. The number of hydrogen-bond donors (Lipinski definition) is 1.